The van der Waals surface area contributed by atoms with Crippen LogP contribution >= 0.6 is 0 Å². The van der Waals surface area contributed by atoms with Gasteiger partial charge in [-0.1, -0.05) is 19.8 Å². The van der Waals surface area contributed by atoms with Crippen molar-refractivity contribution < 1.29 is 14.1 Å². The Morgan fingerprint density at radius 2 is 2.42 bits per heavy atom. The number of carbonyl (C=O) groups excluding carboxylic acids is 1. The van der Waals surface area contributed by atoms with Gasteiger partial charge in [-0.25, -0.2) is 0 Å². The summed E-state index contributed by atoms with van der Waals surface area (Å²) in [6.07, 6.45) is 3.39. The summed E-state index contributed by atoms with van der Waals surface area (Å²) in [5.74, 6) is -0.130. The van der Waals surface area contributed by atoms with Crippen LogP contribution in [0.3, 0.4) is 0 Å². The van der Waals surface area contributed by atoms with Gasteiger partial charge < -0.3 is 9.31 Å². The van der Waals surface area contributed by atoms with Crippen LogP contribution < -0.4 is 0 Å². The van der Waals surface area contributed by atoms with Crippen LogP contribution in [0, 0.1) is 0 Å². The zero-order valence-electron chi connectivity index (χ0n) is 7.71. The van der Waals surface area contributed by atoms with Gasteiger partial charge in [-0.05, 0) is 13.2 Å². The van der Waals surface area contributed by atoms with Crippen LogP contribution in [0.2, 0.25) is 6.32 Å². The molecule has 1 heterocycles. The molecular weight excluding hydrogens is 155 g/mol. The second-order valence-electron chi connectivity index (χ2n) is 3.21. The largest absolute Gasteiger partial charge is 0.527 e. The van der Waals surface area contributed by atoms with E-state index < -0.39 is 0 Å². The van der Waals surface area contributed by atoms with Gasteiger partial charge in [0.1, 0.15) is 0 Å². The summed E-state index contributed by atoms with van der Waals surface area (Å²) in [6.45, 7) is 4.01. The van der Waals surface area contributed by atoms with Gasteiger partial charge in [-0.3, -0.25) is 4.79 Å². The van der Waals surface area contributed by atoms with Crippen molar-refractivity contribution in [2.24, 2.45) is 0 Å². The van der Waals surface area contributed by atoms with Crippen LogP contribution in [0.25, 0.3) is 0 Å². The minimum Gasteiger partial charge on any atom is -0.509 e. The minimum absolute atomic E-state index is 0.0214. The van der Waals surface area contributed by atoms with Crippen LogP contribution in [-0.2, 0) is 14.1 Å². The van der Waals surface area contributed by atoms with E-state index in [1.807, 2.05) is 6.92 Å². The fourth-order valence-electron chi connectivity index (χ4n) is 1.26. The minimum atomic E-state index is -0.291. The molecule has 0 saturated carbocycles. The van der Waals surface area contributed by atoms with Crippen molar-refractivity contribution in [3.05, 3.63) is 0 Å². The number of unbranched alkanes of at least 4 members (excludes halogenated alkanes) is 1. The lowest BCUT2D eigenvalue weighted by molar-refractivity contribution is -0.142. The Morgan fingerprint density at radius 3 is 3.00 bits per heavy atom. The molecule has 0 N–H and O–H groups in total. The lowest BCUT2D eigenvalue weighted by atomic mass is 9.80. The van der Waals surface area contributed by atoms with E-state index in [4.69, 9.17) is 9.31 Å². The Morgan fingerprint density at radius 1 is 1.67 bits per heavy atom. The lowest BCUT2D eigenvalue weighted by Gasteiger charge is -2.24. The molecule has 0 aromatic rings. The molecule has 1 rings (SSSR count). The van der Waals surface area contributed by atoms with Crippen molar-refractivity contribution in [2.45, 2.75) is 45.5 Å². The summed E-state index contributed by atoms with van der Waals surface area (Å²) in [5, 5.41) is 0. The zero-order chi connectivity index (χ0) is 8.97. The van der Waals surface area contributed by atoms with E-state index in [0.29, 0.717) is 6.42 Å². The predicted octanol–water partition coefficient (Wildman–Crippen LogP) is 1.63. The molecule has 3 nitrogen and oxygen atoms in total. The second kappa shape index (κ2) is 4.50. The quantitative estimate of drug-likeness (QED) is 0.603. The Balaban J connectivity index is 2.29. The van der Waals surface area contributed by atoms with Crippen LogP contribution in [-0.4, -0.2) is 19.2 Å². The molecule has 0 aliphatic carbocycles. The molecule has 0 radical (unpaired) electrons. The number of hydrogen-bond acceptors (Lipinski definition) is 3. The number of carbonyl (C=O) groups is 1. The molecule has 1 saturated heterocycles. The topological polar surface area (TPSA) is 35.5 Å². The number of hydrogen-bond donors (Lipinski definition) is 0. The maximum Gasteiger partial charge on any atom is 0.527 e. The molecule has 1 unspecified atom stereocenters. The third-order valence-corrected chi connectivity index (χ3v) is 1.89. The van der Waals surface area contributed by atoms with Crippen LogP contribution in [0.4, 0.5) is 0 Å². The van der Waals surface area contributed by atoms with Gasteiger partial charge in [-0.15, -0.1) is 0 Å². The summed E-state index contributed by atoms with van der Waals surface area (Å²) < 4.78 is 10.4. The zero-order valence-corrected chi connectivity index (χ0v) is 7.71. The van der Waals surface area contributed by atoms with Crippen molar-refractivity contribution in [3.63, 3.8) is 0 Å². The SMILES string of the molecule is CCCCB1OC(=O)CC(C)O1. The first-order chi connectivity index (χ1) is 5.72. The van der Waals surface area contributed by atoms with E-state index in [1.54, 1.807) is 0 Å². The molecule has 0 bridgehead atoms. The highest BCUT2D eigenvalue weighted by Gasteiger charge is 2.30. The van der Waals surface area contributed by atoms with Gasteiger partial charge >= 0.3 is 7.12 Å². The Hall–Kier alpha value is -0.505. The van der Waals surface area contributed by atoms with E-state index in [0.717, 1.165) is 19.2 Å². The van der Waals surface area contributed by atoms with Crippen LogP contribution in [0.5, 0.6) is 0 Å². The highest BCUT2D eigenvalue weighted by molar-refractivity contribution is 6.47. The van der Waals surface area contributed by atoms with Gasteiger partial charge in [-0.2, -0.15) is 0 Å². The molecule has 0 aromatic heterocycles. The first kappa shape index (κ1) is 9.58. The molecule has 1 fully saturated rings. The molecule has 12 heavy (non-hydrogen) atoms. The van der Waals surface area contributed by atoms with Crippen molar-refractivity contribution in [3.8, 4) is 0 Å². The molecule has 0 spiro atoms. The molecular formula is C8H15BO3. The molecule has 0 amide bonds. The van der Waals surface area contributed by atoms with E-state index in [2.05, 4.69) is 6.92 Å². The highest BCUT2D eigenvalue weighted by atomic mass is 16.6. The monoisotopic (exact) mass is 170 g/mol. The van der Waals surface area contributed by atoms with E-state index in [-0.39, 0.29) is 19.2 Å². The van der Waals surface area contributed by atoms with Gasteiger partial charge in [0, 0.05) is 0 Å². The fraction of sp³-hybridized carbons (Fsp3) is 0.875. The average Bonchev–Trinajstić information content (AvgIpc) is 1.99. The van der Waals surface area contributed by atoms with E-state index >= 15 is 0 Å². The Kier molecular flexibility index (Phi) is 3.60. The predicted molar refractivity (Wildman–Crippen MR) is 46.7 cm³/mol. The smallest absolute Gasteiger partial charge is 0.509 e. The lowest BCUT2D eigenvalue weighted by Crippen LogP contribution is -2.37. The van der Waals surface area contributed by atoms with Gasteiger partial charge in [0.15, 0.2) is 0 Å². The molecule has 1 atom stereocenters. The number of rotatable bonds is 3. The van der Waals surface area contributed by atoms with Crippen molar-refractivity contribution in [1.82, 2.24) is 0 Å². The molecule has 1 aliphatic heterocycles. The summed E-state index contributed by atoms with van der Waals surface area (Å²) in [6, 6.07) is 0. The van der Waals surface area contributed by atoms with Crippen molar-refractivity contribution in [2.75, 3.05) is 0 Å². The third-order valence-electron chi connectivity index (χ3n) is 1.89. The fourth-order valence-corrected chi connectivity index (χ4v) is 1.26. The first-order valence-corrected chi connectivity index (χ1v) is 4.57. The molecule has 0 aromatic carbocycles. The van der Waals surface area contributed by atoms with E-state index in [9.17, 15) is 4.79 Å². The molecule has 1 aliphatic rings. The summed E-state index contributed by atoms with van der Waals surface area (Å²) in [4.78, 5) is 10.9. The maximum atomic E-state index is 10.9. The molecule has 4 heteroatoms. The standard InChI is InChI=1S/C8H15BO3/c1-3-4-5-9-11-7(2)6-8(10)12-9/h7H,3-6H2,1-2H3. The van der Waals surface area contributed by atoms with Crippen LogP contribution in [0.1, 0.15) is 33.1 Å². The Bertz CT molecular complexity index is 160. The summed E-state index contributed by atoms with van der Waals surface area (Å²) in [7, 11) is -0.291. The van der Waals surface area contributed by atoms with Crippen LogP contribution in [0.15, 0.2) is 0 Å². The van der Waals surface area contributed by atoms with Gasteiger partial charge in [0.2, 0.25) is 0 Å². The normalized spacial score (nSPS) is 24.0. The first-order valence-electron chi connectivity index (χ1n) is 4.57. The Labute approximate surface area is 73.6 Å². The van der Waals surface area contributed by atoms with Gasteiger partial charge in [0.05, 0.1) is 12.5 Å². The van der Waals surface area contributed by atoms with Gasteiger partial charge in [0.25, 0.3) is 5.97 Å². The summed E-state index contributed by atoms with van der Waals surface area (Å²) in [5.41, 5.74) is 0. The molecule has 68 valence electrons. The van der Waals surface area contributed by atoms with Crippen molar-refractivity contribution >= 4 is 13.1 Å². The van der Waals surface area contributed by atoms with E-state index in [1.165, 1.54) is 0 Å². The average molecular weight is 170 g/mol. The maximum absolute atomic E-state index is 10.9. The second-order valence-corrected chi connectivity index (χ2v) is 3.21. The summed E-state index contributed by atoms with van der Waals surface area (Å²) >= 11 is 0. The third kappa shape index (κ3) is 2.85. The highest BCUT2D eigenvalue weighted by Crippen LogP contribution is 2.15. The van der Waals surface area contributed by atoms with Crippen molar-refractivity contribution in [1.29, 1.82) is 0 Å².